The van der Waals surface area contributed by atoms with Gasteiger partial charge in [-0.2, -0.15) is 0 Å². The number of nitroso groups, excluding NO2 is 1. The van der Waals surface area contributed by atoms with Gasteiger partial charge in [-0.1, -0.05) is 9.59 Å². The average molecular weight is 113 g/mol. The zero-order valence-corrected chi connectivity index (χ0v) is 4.71. The summed E-state index contributed by atoms with van der Waals surface area (Å²) in [6.45, 7) is 0.809. The molecule has 0 aromatic carbocycles. The van der Waals surface area contributed by atoms with Crippen molar-refractivity contribution in [3.8, 4) is 0 Å². The molecular formula is C5H9N2O+. The fraction of sp³-hybridized carbons (Fsp3) is 0.800. The van der Waals surface area contributed by atoms with Gasteiger partial charge < -0.3 is 0 Å². The van der Waals surface area contributed by atoms with Crippen LogP contribution >= 0.6 is 0 Å². The first kappa shape index (κ1) is 5.41. The molecule has 1 heterocycles. The van der Waals surface area contributed by atoms with Gasteiger partial charge in [-0.25, -0.2) is 0 Å². The van der Waals surface area contributed by atoms with Gasteiger partial charge in [-0.05, 0) is 6.42 Å². The molecule has 1 rings (SSSR count). The van der Waals surface area contributed by atoms with E-state index in [1.807, 2.05) is 6.21 Å². The Bertz CT molecular complexity index is 120. The second kappa shape index (κ2) is 2.55. The van der Waals surface area contributed by atoms with Gasteiger partial charge >= 0.3 is 0 Å². The molecule has 0 aliphatic carbocycles. The molecular weight excluding hydrogens is 104 g/mol. The molecule has 0 atom stereocenters. The summed E-state index contributed by atoms with van der Waals surface area (Å²) in [6.07, 6.45) is 5.15. The summed E-state index contributed by atoms with van der Waals surface area (Å²) in [5.41, 5.74) is 0. The van der Waals surface area contributed by atoms with Gasteiger partial charge in [0.15, 0.2) is 12.8 Å². The van der Waals surface area contributed by atoms with Crippen LogP contribution < -0.4 is 0 Å². The molecule has 8 heavy (non-hydrogen) atoms. The van der Waals surface area contributed by atoms with E-state index in [0.717, 1.165) is 19.4 Å². The third-order valence-corrected chi connectivity index (χ3v) is 1.29. The minimum atomic E-state index is 0.809. The van der Waals surface area contributed by atoms with E-state index in [-0.39, 0.29) is 0 Å². The van der Waals surface area contributed by atoms with Gasteiger partial charge in [0.1, 0.15) is 0 Å². The van der Waals surface area contributed by atoms with Gasteiger partial charge in [-0.15, -0.1) is 0 Å². The zero-order chi connectivity index (χ0) is 5.82. The third kappa shape index (κ3) is 1.12. The first-order valence-corrected chi connectivity index (χ1v) is 2.87. The summed E-state index contributed by atoms with van der Waals surface area (Å²) in [5.74, 6) is 0. The predicted octanol–water partition coefficient (Wildman–Crippen LogP) is 0.935. The highest BCUT2D eigenvalue weighted by Gasteiger charge is 2.08. The lowest BCUT2D eigenvalue weighted by Crippen LogP contribution is -2.11. The summed E-state index contributed by atoms with van der Waals surface area (Å²) < 4.78 is 1.46. The summed E-state index contributed by atoms with van der Waals surface area (Å²) >= 11 is 0. The molecule has 1 aliphatic rings. The quantitative estimate of drug-likeness (QED) is 0.368. The Labute approximate surface area is 48.0 Å². The fourth-order valence-corrected chi connectivity index (χ4v) is 0.824. The van der Waals surface area contributed by atoms with Crippen LogP contribution in [0.2, 0.25) is 0 Å². The standard InChI is InChI=1S/C5H9N2O/c8-6-7-4-2-1-3-5-7/h4H,1-3,5H2/q+1. The lowest BCUT2D eigenvalue weighted by molar-refractivity contribution is -0.536. The van der Waals surface area contributed by atoms with E-state index in [2.05, 4.69) is 5.29 Å². The second-order valence-corrected chi connectivity index (χ2v) is 1.92. The highest BCUT2D eigenvalue weighted by atomic mass is 16.3. The number of rotatable bonds is 1. The molecule has 3 nitrogen and oxygen atoms in total. The van der Waals surface area contributed by atoms with E-state index < -0.39 is 0 Å². The molecule has 0 saturated carbocycles. The average Bonchev–Trinajstić information content (AvgIpc) is 1.90. The third-order valence-electron chi connectivity index (χ3n) is 1.29. The SMILES string of the molecule is O=N[N+]1=CCCCC1. The molecule has 44 valence electrons. The number of nitrogens with zero attached hydrogens (tertiary/aromatic N) is 2. The molecule has 0 amide bonds. The Morgan fingerprint density at radius 3 is 2.75 bits per heavy atom. The van der Waals surface area contributed by atoms with E-state index in [4.69, 9.17) is 0 Å². The molecule has 0 N–H and O–H groups in total. The topological polar surface area (TPSA) is 32.4 Å². The van der Waals surface area contributed by atoms with Gasteiger partial charge in [0.2, 0.25) is 5.29 Å². The maximum atomic E-state index is 9.80. The lowest BCUT2D eigenvalue weighted by Gasteiger charge is -1.96. The van der Waals surface area contributed by atoms with Gasteiger partial charge in [0.05, 0.1) is 0 Å². The van der Waals surface area contributed by atoms with E-state index in [0.29, 0.717) is 0 Å². The first-order valence-electron chi connectivity index (χ1n) is 2.87. The Kier molecular flexibility index (Phi) is 1.72. The van der Waals surface area contributed by atoms with Crippen LogP contribution in [-0.2, 0) is 0 Å². The molecule has 0 radical (unpaired) electrons. The Morgan fingerprint density at radius 2 is 2.38 bits per heavy atom. The monoisotopic (exact) mass is 113 g/mol. The van der Waals surface area contributed by atoms with E-state index in [9.17, 15) is 4.91 Å². The summed E-state index contributed by atoms with van der Waals surface area (Å²) in [7, 11) is 0. The zero-order valence-electron chi connectivity index (χ0n) is 4.71. The van der Waals surface area contributed by atoms with Crippen LogP contribution in [0, 0.1) is 4.91 Å². The number of hydrogen-bond donors (Lipinski definition) is 0. The lowest BCUT2D eigenvalue weighted by atomic mass is 10.2. The van der Waals surface area contributed by atoms with Crippen LogP contribution in [-0.4, -0.2) is 17.4 Å². The van der Waals surface area contributed by atoms with Crippen LogP contribution in [0.15, 0.2) is 5.29 Å². The molecule has 0 spiro atoms. The number of hydrogen-bond acceptors (Lipinski definition) is 2. The van der Waals surface area contributed by atoms with Crippen molar-refractivity contribution in [3.05, 3.63) is 4.91 Å². The highest BCUT2D eigenvalue weighted by molar-refractivity contribution is 5.51. The molecule has 0 aromatic rings. The summed E-state index contributed by atoms with van der Waals surface area (Å²) in [5, 5.41) is 2.78. The first-order chi connectivity index (χ1) is 3.93. The predicted molar refractivity (Wildman–Crippen MR) is 30.8 cm³/mol. The largest absolute Gasteiger partial charge is 0.239 e. The molecule has 3 heteroatoms. The second-order valence-electron chi connectivity index (χ2n) is 1.92. The van der Waals surface area contributed by atoms with Crippen molar-refractivity contribution >= 4 is 6.21 Å². The normalized spacial score (nSPS) is 19.8. The maximum absolute atomic E-state index is 9.80. The highest BCUT2D eigenvalue weighted by Crippen LogP contribution is 1.99. The molecule has 0 bridgehead atoms. The van der Waals surface area contributed by atoms with Crippen LogP contribution in [0.25, 0.3) is 0 Å². The van der Waals surface area contributed by atoms with Crippen molar-refractivity contribution in [2.45, 2.75) is 19.3 Å². The smallest absolute Gasteiger partial charge is 0.0804 e. The molecule has 0 unspecified atom stereocenters. The van der Waals surface area contributed by atoms with E-state index in [1.165, 1.54) is 11.1 Å². The minimum Gasteiger partial charge on any atom is -0.0804 e. The molecule has 0 aromatic heterocycles. The molecule has 0 fully saturated rings. The Morgan fingerprint density at radius 1 is 1.50 bits per heavy atom. The van der Waals surface area contributed by atoms with Crippen molar-refractivity contribution in [2.75, 3.05) is 6.54 Å². The van der Waals surface area contributed by atoms with Crippen molar-refractivity contribution in [1.82, 2.24) is 0 Å². The van der Waals surface area contributed by atoms with Crippen LogP contribution in [0.3, 0.4) is 0 Å². The molecule has 0 saturated heterocycles. The van der Waals surface area contributed by atoms with Gasteiger partial charge in [0, 0.05) is 12.8 Å². The van der Waals surface area contributed by atoms with Crippen molar-refractivity contribution in [3.63, 3.8) is 0 Å². The van der Waals surface area contributed by atoms with Gasteiger partial charge in [0.25, 0.3) is 0 Å². The maximum Gasteiger partial charge on any atom is 0.239 e. The molecule has 1 aliphatic heterocycles. The van der Waals surface area contributed by atoms with Crippen molar-refractivity contribution in [1.29, 1.82) is 0 Å². The summed E-state index contributed by atoms with van der Waals surface area (Å²) in [6, 6.07) is 0. The van der Waals surface area contributed by atoms with Crippen molar-refractivity contribution < 1.29 is 4.68 Å². The van der Waals surface area contributed by atoms with Crippen molar-refractivity contribution in [2.24, 2.45) is 5.29 Å². The Balaban J connectivity index is 2.49. The van der Waals surface area contributed by atoms with Crippen LogP contribution in [0.1, 0.15) is 19.3 Å². The summed E-state index contributed by atoms with van der Waals surface area (Å²) in [4.78, 5) is 9.80. The minimum absolute atomic E-state index is 0.809. The van der Waals surface area contributed by atoms with Crippen LogP contribution in [0.4, 0.5) is 0 Å². The van der Waals surface area contributed by atoms with E-state index in [1.54, 1.807) is 0 Å². The fourth-order valence-electron chi connectivity index (χ4n) is 0.824. The van der Waals surface area contributed by atoms with Gasteiger partial charge in [-0.3, -0.25) is 0 Å². The van der Waals surface area contributed by atoms with Crippen LogP contribution in [0.5, 0.6) is 0 Å². The van der Waals surface area contributed by atoms with E-state index >= 15 is 0 Å². The Hall–Kier alpha value is -0.730.